The van der Waals surface area contributed by atoms with E-state index in [2.05, 4.69) is 5.32 Å². The van der Waals surface area contributed by atoms with Crippen LogP contribution in [-0.2, 0) is 14.8 Å². The molecule has 0 spiro atoms. The molecule has 27 heavy (non-hydrogen) atoms. The Hall–Kier alpha value is -1.67. The number of hydrogen-bond acceptors (Lipinski definition) is 4. The standard InChI is InChI=1S/C19H29FN2O4S/c1-19(2,3)17(13-26-16-10-6-5-9-15(16)20)21-18(23)14-8-7-11-22(12-14)27(4,24)25/h5-6,9-10,14,17H,7-8,11-13H2,1-4H3,(H,21,23). The van der Waals surface area contributed by atoms with E-state index in [-0.39, 0.29) is 36.3 Å². The van der Waals surface area contributed by atoms with E-state index in [1.165, 1.54) is 10.4 Å². The summed E-state index contributed by atoms with van der Waals surface area (Å²) < 4.78 is 44.2. The van der Waals surface area contributed by atoms with Crippen LogP contribution >= 0.6 is 0 Å². The number of hydrogen-bond donors (Lipinski definition) is 1. The minimum atomic E-state index is -3.31. The number of nitrogens with one attached hydrogen (secondary N) is 1. The Morgan fingerprint density at radius 3 is 2.63 bits per heavy atom. The van der Waals surface area contributed by atoms with Crippen molar-refractivity contribution in [2.45, 2.75) is 39.7 Å². The highest BCUT2D eigenvalue weighted by atomic mass is 32.2. The van der Waals surface area contributed by atoms with Crippen molar-refractivity contribution in [2.24, 2.45) is 11.3 Å². The Morgan fingerprint density at radius 1 is 1.37 bits per heavy atom. The highest BCUT2D eigenvalue weighted by Gasteiger charge is 2.34. The molecule has 0 radical (unpaired) electrons. The maximum absolute atomic E-state index is 13.8. The Balaban J connectivity index is 2.03. The number of ether oxygens (including phenoxy) is 1. The summed E-state index contributed by atoms with van der Waals surface area (Å²) in [6.07, 6.45) is 2.45. The largest absolute Gasteiger partial charge is 0.488 e. The normalized spacial score (nSPS) is 20.1. The van der Waals surface area contributed by atoms with Crippen LogP contribution in [0.2, 0.25) is 0 Å². The third kappa shape index (κ3) is 6.17. The van der Waals surface area contributed by atoms with E-state index >= 15 is 0 Å². The lowest BCUT2D eigenvalue weighted by molar-refractivity contribution is -0.127. The highest BCUT2D eigenvalue weighted by molar-refractivity contribution is 7.88. The van der Waals surface area contributed by atoms with Crippen molar-refractivity contribution in [3.05, 3.63) is 30.1 Å². The van der Waals surface area contributed by atoms with Crippen molar-refractivity contribution in [1.29, 1.82) is 0 Å². The summed E-state index contributed by atoms with van der Waals surface area (Å²) in [4.78, 5) is 12.7. The number of amides is 1. The van der Waals surface area contributed by atoms with Gasteiger partial charge in [0.25, 0.3) is 0 Å². The molecule has 1 aromatic rings. The highest BCUT2D eigenvalue weighted by Crippen LogP contribution is 2.24. The average Bonchev–Trinajstić information content (AvgIpc) is 2.58. The molecule has 2 rings (SSSR count). The Morgan fingerprint density at radius 2 is 2.04 bits per heavy atom. The van der Waals surface area contributed by atoms with Crippen LogP contribution in [0, 0.1) is 17.2 Å². The second kappa shape index (κ2) is 8.56. The minimum Gasteiger partial charge on any atom is -0.488 e. The van der Waals surface area contributed by atoms with Crippen LogP contribution in [0.1, 0.15) is 33.6 Å². The second-order valence-corrected chi connectivity index (χ2v) is 10.1. The fourth-order valence-electron chi connectivity index (χ4n) is 2.99. The van der Waals surface area contributed by atoms with E-state index < -0.39 is 21.8 Å². The maximum Gasteiger partial charge on any atom is 0.224 e. The number of para-hydroxylation sites is 1. The van der Waals surface area contributed by atoms with Gasteiger partial charge in [-0.3, -0.25) is 4.79 Å². The van der Waals surface area contributed by atoms with Crippen LogP contribution in [0.5, 0.6) is 5.75 Å². The Bertz CT molecular complexity index is 761. The molecule has 1 aliphatic rings. The molecule has 1 aliphatic heterocycles. The van der Waals surface area contributed by atoms with Crippen molar-refractivity contribution in [3.8, 4) is 5.75 Å². The van der Waals surface area contributed by atoms with Gasteiger partial charge in [-0.05, 0) is 30.4 Å². The molecule has 8 heteroatoms. The SMILES string of the molecule is CC(C)(C)C(COc1ccccc1F)NC(=O)C1CCCN(S(C)(=O)=O)C1. The van der Waals surface area contributed by atoms with Gasteiger partial charge in [-0.15, -0.1) is 0 Å². The zero-order valence-corrected chi connectivity index (χ0v) is 17.2. The molecule has 0 aliphatic carbocycles. The average molecular weight is 401 g/mol. The monoisotopic (exact) mass is 400 g/mol. The minimum absolute atomic E-state index is 0.124. The lowest BCUT2D eigenvalue weighted by Crippen LogP contribution is -2.52. The summed E-state index contributed by atoms with van der Waals surface area (Å²) in [5.41, 5.74) is -0.313. The summed E-state index contributed by atoms with van der Waals surface area (Å²) in [5.74, 6) is -0.901. The molecule has 2 atom stereocenters. The summed E-state index contributed by atoms with van der Waals surface area (Å²) in [7, 11) is -3.31. The van der Waals surface area contributed by atoms with Gasteiger partial charge in [0.15, 0.2) is 11.6 Å². The summed E-state index contributed by atoms with van der Waals surface area (Å²) in [5, 5.41) is 2.98. The first-order chi connectivity index (χ1) is 12.5. The molecular weight excluding hydrogens is 371 g/mol. The molecule has 1 heterocycles. The molecule has 0 saturated carbocycles. The third-order valence-corrected chi connectivity index (χ3v) is 6.10. The number of benzene rings is 1. The first-order valence-electron chi connectivity index (χ1n) is 9.11. The quantitative estimate of drug-likeness (QED) is 0.796. The summed E-state index contributed by atoms with van der Waals surface area (Å²) in [6, 6.07) is 5.79. The third-order valence-electron chi connectivity index (χ3n) is 4.83. The van der Waals surface area contributed by atoms with Crippen LogP contribution in [0.4, 0.5) is 4.39 Å². The van der Waals surface area contributed by atoms with E-state index in [1.807, 2.05) is 20.8 Å². The van der Waals surface area contributed by atoms with Gasteiger partial charge in [0.2, 0.25) is 15.9 Å². The van der Waals surface area contributed by atoms with Crippen molar-refractivity contribution in [3.63, 3.8) is 0 Å². The van der Waals surface area contributed by atoms with E-state index in [0.717, 1.165) is 6.26 Å². The Kier molecular flexibility index (Phi) is 6.86. The van der Waals surface area contributed by atoms with Crippen molar-refractivity contribution in [1.82, 2.24) is 9.62 Å². The van der Waals surface area contributed by atoms with Gasteiger partial charge in [0.1, 0.15) is 6.61 Å². The number of sulfonamides is 1. The number of carbonyl (C=O) groups excluding carboxylic acids is 1. The number of halogens is 1. The molecule has 1 aromatic carbocycles. The fourth-order valence-corrected chi connectivity index (χ4v) is 3.90. The van der Waals surface area contributed by atoms with Crippen LogP contribution in [0.15, 0.2) is 24.3 Å². The lowest BCUT2D eigenvalue weighted by Gasteiger charge is -2.35. The molecule has 2 unspecified atom stereocenters. The van der Waals surface area contributed by atoms with Gasteiger partial charge in [-0.1, -0.05) is 32.9 Å². The van der Waals surface area contributed by atoms with E-state index in [9.17, 15) is 17.6 Å². The maximum atomic E-state index is 13.8. The molecule has 1 N–H and O–H groups in total. The zero-order chi connectivity index (χ0) is 20.2. The van der Waals surface area contributed by atoms with Crippen LogP contribution in [-0.4, -0.2) is 50.6 Å². The van der Waals surface area contributed by atoms with Gasteiger partial charge in [0, 0.05) is 13.1 Å². The van der Waals surface area contributed by atoms with Crippen LogP contribution < -0.4 is 10.1 Å². The van der Waals surface area contributed by atoms with Crippen molar-refractivity contribution >= 4 is 15.9 Å². The lowest BCUT2D eigenvalue weighted by atomic mass is 9.86. The molecule has 152 valence electrons. The summed E-state index contributed by atoms with van der Waals surface area (Å²) in [6.45, 7) is 6.65. The first kappa shape index (κ1) is 21.6. The van der Waals surface area contributed by atoms with Crippen LogP contribution in [0.3, 0.4) is 0 Å². The van der Waals surface area contributed by atoms with E-state index in [1.54, 1.807) is 18.2 Å². The van der Waals surface area contributed by atoms with Crippen molar-refractivity contribution in [2.75, 3.05) is 26.0 Å². The first-order valence-corrected chi connectivity index (χ1v) is 11.0. The number of carbonyl (C=O) groups is 1. The topological polar surface area (TPSA) is 75.7 Å². The molecular formula is C19H29FN2O4S. The van der Waals surface area contributed by atoms with Gasteiger partial charge < -0.3 is 10.1 Å². The summed E-state index contributed by atoms with van der Waals surface area (Å²) >= 11 is 0. The number of piperidine rings is 1. The smallest absolute Gasteiger partial charge is 0.224 e. The number of rotatable bonds is 6. The molecule has 0 aromatic heterocycles. The van der Waals surface area contributed by atoms with Gasteiger partial charge >= 0.3 is 0 Å². The van der Waals surface area contributed by atoms with Gasteiger partial charge in [-0.25, -0.2) is 17.1 Å². The Labute approximate surface area is 161 Å². The molecule has 0 bridgehead atoms. The molecule has 1 saturated heterocycles. The predicted molar refractivity (Wildman–Crippen MR) is 102 cm³/mol. The van der Waals surface area contributed by atoms with E-state index in [4.69, 9.17) is 4.74 Å². The molecule has 6 nitrogen and oxygen atoms in total. The van der Waals surface area contributed by atoms with Crippen LogP contribution in [0.25, 0.3) is 0 Å². The van der Waals surface area contributed by atoms with Crippen molar-refractivity contribution < 1.29 is 22.3 Å². The molecule has 1 amide bonds. The number of nitrogens with zero attached hydrogens (tertiary/aromatic N) is 1. The van der Waals surface area contributed by atoms with Gasteiger partial charge in [0.05, 0.1) is 18.2 Å². The molecule has 1 fully saturated rings. The second-order valence-electron chi connectivity index (χ2n) is 8.13. The zero-order valence-electron chi connectivity index (χ0n) is 16.4. The van der Waals surface area contributed by atoms with E-state index in [0.29, 0.717) is 19.4 Å². The predicted octanol–water partition coefficient (Wildman–Crippen LogP) is 2.41. The van der Waals surface area contributed by atoms with Gasteiger partial charge in [-0.2, -0.15) is 0 Å². The fraction of sp³-hybridized carbons (Fsp3) is 0.632.